The number of nitrogens with zero attached hydrogens (tertiary/aromatic N) is 1. The van der Waals surface area contributed by atoms with E-state index in [0.717, 1.165) is 6.42 Å². The van der Waals surface area contributed by atoms with Crippen molar-refractivity contribution in [3.8, 4) is 5.75 Å². The molecule has 1 rings (SSSR count). The molecule has 0 aliphatic carbocycles. The van der Waals surface area contributed by atoms with Gasteiger partial charge in [0.2, 0.25) is 5.91 Å². The molecule has 94 valence electrons. The highest BCUT2D eigenvalue weighted by Gasteiger charge is 2.11. The van der Waals surface area contributed by atoms with E-state index in [-0.39, 0.29) is 11.7 Å². The van der Waals surface area contributed by atoms with E-state index >= 15 is 0 Å². The van der Waals surface area contributed by atoms with Crippen LogP contribution < -0.4 is 10.2 Å². The first-order chi connectivity index (χ1) is 8.04. The summed E-state index contributed by atoms with van der Waals surface area (Å²) in [7, 11) is 1.70. The molecule has 0 saturated heterocycles. The van der Waals surface area contributed by atoms with Crippen molar-refractivity contribution in [2.75, 3.05) is 18.5 Å². The van der Waals surface area contributed by atoms with Crippen LogP contribution in [0.1, 0.15) is 20.3 Å². The topological polar surface area (TPSA) is 52.6 Å². The smallest absolute Gasteiger partial charge is 0.240 e. The Hall–Kier alpha value is -1.55. The van der Waals surface area contributed by atoms with Gasteiger partial charge in [-0.05, 0) is 25.5 Å². The highest BCUT2D eigenvalue weighted by Crippen LogP contribution is 2.18. The van der Waals surface area contributed by atoms with Crippen LogP contribution in [0.15, 0.2) is 24.3 Å². The lowest BCUT2D eigenvalue weighted by Gasteiger charge is -2.19. The lowest BCUT2D eigenvalue weighted by Crippen LogP contribution is -2.38. The fraction of sp³-hybridized carbons (Fsp3) is 0.462. The van der Waals surface area contributed by atoms with Gasteiger partial charge in [-0.2, -0.15) is 0 Å². The third-order valence-electron chi connectivity index (χ3n) is 2.81. The second-order valence-corrected chi connectivity index (χ2v) is 4.16. The third-order valence-corrected chi connectivity index (χ3v) is 2.81. The van der Waals surface area contributed by atoms with Gasteiger partial charge in [0.05, 0.1) is 6.54 Å². The van der Waals surface area contributed by atoms with Gasteiger partial charge in [0.15, 0.2) is 0 Å². The molecule has 0 spiro atoms. The predicted molar refractivity (Wildman–Crippen MR) is 69.3 cm³/mol. The number of anilines is 1. The van der Waals surface area contributed by atoms with Crippen molar-refractivity contribution in [1.82, 2.24) is 5.32 Å². The van der Waals surface area contributed by atoms with Crippen molar-refractivity contribution in [2.45, 2.75) is 26.3 Å². The van der Waals surface area contributed by atoms with Gasteiger partial charge in [-0.1, -0.05) is 13.0 Å². The molecular weight excluding hydrogens is 216 g/mol. The first kappa shape index (κ1) is 13.5. The Morgan fingerprint density at radius 2 is 2.24 bits per heavy atom. The van der Waals surface area contributed by atoms with Crippen molar-refractivity contribution in [3.63, 3.8) is 0 Å². The van der Waals surface area contributed by atoms with E-state index in [4.69, 9.17) is 0 Å². The highest BCUT2D eigenvalue weighted by molar-refractivity contribution is 5.94. The molecule has 4 heteroatoms. The fourth-order valence-corrected chi connectivity index (χ4v) is 1.37. The molecule has 0 saturated carbocycles. The van der Waals surface area contributed by atoms with Crippen LogP contribution in [-0.2, 0) is 4.79 Å². The normalized spacial score (nSPS) is 12.2. The van der Waals surface area contributed by atoms with Gasteiger partial charge < -0.3 is 15.3 Å². The second kappa shape index (κ2) is 6.25. The number of amides is 1. The highest BCUT2D eigenvalue weighted by atomic mass is 16.3. The van der Waals surface area contributed by atoms with Gasteiger partial charge >= 0.3 is 0 Å². The van der Waals surface area contributed by atoms with Crippen LogP contribution in [0.25, 0.3) is 0 Å². The molecule has 1 aromatic rings. The van der Waals surface area contributed by atoms with Crippen LogP contribution in [0.2, 0.25) is 0 Å². The molecule has 1 aromatic carbocycles. The van der Waals surface area contributed by atoms with Crippen molar-refractivity contribution >= 4 is 11.6 Å². The third kappa shape index (κ3) is 4.07. The molecule has 17 heavy (non-hydrogen) atoms. The Morgan fingerprint density at radius 3 is 2.82 bits per heavy atom. The van der Waals surface area contributed by atoms with E-state index in [9.17, 15) is 9.90 Å². The van der Waals surface area contributed by atoms with Gasteiger partial charge in [0, 0.05) is 24.8 Å². The van der Waals surface area contributed by atoms with Crippen LogP contribution in [0.4, 0.5) is 5.69 Å². The summed E-state index contributed by atoms with van der Waals surface area (Å²) < 4.78 is 0. The summed E-state index contributed by atoms with van der Waals surface area (Å²) in [5.74, 6) is 0.146. The zero-order valence-electron chi connectivity index (χ0n) is 10.6. The minimum Gasteiger partial charge on any atom is -0.508 e. The number of phenolic OH excluding ortho intramolecular Hbond substituents is 1. The lowest BCUT2D eigenvalue weighted by atomic mass is 10.2. The van der Waals surface area contributed by atoms with Crippen LogP contribution in [0.5, 0.6) is 5.75 Å². The number of hydrogen-bond donors (Lipinski definition) is 2. The number of benzene rings is 1. The summed E-state index contributed by atoms with van der Waals surface area (Å²) in [6, 6.07) is 6.99. The molecule has 1 atom stereocenters. The Balaban J connectivity index is 2.57. The van der Waals surface area contributed by atoms with E-state index < -0.39 is 0 Å². The fourth-order valence-electron chi connectivity index (χ4n) is 1.37. The van der Waals surface area contributed by atoms with Gasteiger partial charge in [-0.15, -0.1) is 0 Å². The molecule has 0 aromatic heterocycles. The van der Waals surface area contributed by atoms with Crippen LogP contribution >= 0.6 is 0 Å². The van der Waals surface area contributed by atoms with Gasteiger partial charge in [-0.3, -0.25) is 4.79 Å². The number of aromatic hydroxyl groups is 1. The van der Waals surface area contributed by atoms with Gasteiger partial charge in [0.25, 0.3) is 0 Å². The molecule has 0 fully saturated rings. The van der Waals surface area contributed by atoms with Crippen molar-refractivity contribution in [2.24, 2.45) is 0 Å². The van der Waals surface area contributed by atoms with E-state index in [1.54, 1.807) is 31.3 Å². The second-order valence-electron chi connectivity index (χ2n) is 4.16. The molecule has 0 radical (unpaired) electrons. The molecule has 0 aliphatic heterocycles. The molecular formula is C13H20N2O2. The summed E-state index contributed by atoms with van der Waals surface area (Å²) in [6.45, 7) is 4.42. The van der Waals surface area contributed by atoms with E-state index in [0.29, 0.717) is 18.3 Å². The van der Waals surface area contributed by atoms with Crippen molar-refractivity contribution in [1.29, 1.82) is 0 Å². The maximum absolute atomic E-state index is 11.9. The molecule has 2 N–H and O–H groups in total. The number of hydrogen-bond acceptors (Lipinski definition) is 3. The van der Waals surface area contributed by atoms with Crippen LogP contribution in [0, 0.1) is 0 Å². The largest absolute Gasteiger partial charge is 0.508 e. The van der Waals surface area contributed by atoms with Crippen molar-refractivity contribution in [3.05, 3.63) is 24.3 Å². The number of likely N-dealkylation sites (N-methyl/N-ethyl adjacent to an activating group) is 1. The predicted octanol–water partition coefficient (Wildman–Crippen LogP) is 1.74. The Morgan fingerprint density at radius 1 is 1.53 bits per heavy atom. The van der Waals surface area contributed by atoms with E-state index in [1.807, 2.05) is 6.92 Å². The molecule has 4 nitrogen and oxygen atoms in total. The van der Waals surface area contributed by atoms with Crippen LogP contribution in [-0.4, -0.2) is 30.6 Å². The number of nitrogens with one attached hydrogen (secondary N) is 1. The first-order valence-corrected chi connectivity index (χ1v) is 5.83. The molecule has 1 amide bonds. The van der Waals surface area contributed by atoms with Crippen molar-refractivity contribution < 1.29 is 9.90 Å². The molecule has 0 aliphatic rings. The SMILES string of the molecule is CCC(C)NCC(=O)N(C)c1cccc(O)c1. The Kier molecular flexibility index (Phi) is 4.97. The van der Waals surface area contributed by atoms with Gasteiger partial charge in [-0.25, -0.2) is 0 Å². The maximum Gasteiger partial charge on any atom is 0.240 e. The Bertz CT molecular complexity index is 379. The zero-order valence-corrected chi connectivity index (χ0v) is 10.6. The lowest BCUT2D eigenvalue weighted by molar-refractivity contribution is -0.117. The number of phenols is 1. The summed E-state index contributed by atoms with van der Waals surface area (Å²) >= 11 is 0. The summed E-state index contributed by atoms with van der Waals surface area (Å²) in [6.07, 6.45) is 0.989. The Labute approximate surface area is 102 Å². The summed E-state index contributed by atoms with van der Waals surface area (Å²) in [5, 5.41) is 12.5. The molecule has 1 unspecified atom stereocenters. The number of carbonyl (C=O) groups is 1. The standard InChI is InChI=1S/C13H20N2O2/c1-4-10(2)14-9-13(17)15(3)11-6-5-7-12(16)8-11/h5-8,10,14,16H,4,9H2,1-3H3. The average Bonchev–Trinajstić information content (AvgIpc) is 2.34. The number of rotatable bonds is 5. The monoisotopic (exact) mass is 236 g/mol. The molecule has 0 bridgehead atoms. The number of carbonyl (C=O) groups excluding carboxylic acids is 1. The first-order valence-electron chi connectivity index (χ1n) is 5.83. The summed E-state index contributed by atoms with van der Waals surface area (Å²) in [5.41, 5.74) is 0.695. The quantitative estimate of drug-likeness (QED) is 0.819. The maximum atomic E-state index is 11.9. The van der Waals surface area contributed by atoms with Crippen LogP contribution in [0.3, 0.4) is 0 Å². The summed E-state index contributed by atoms with van der Waals surface area (Å²) in [4.78, 5) is 13.4. The minimum atomic E-state index is -0.0177. The van der Waals surface area contributed by atoms with E-state index in [1.165, 1.54) is 4.90 Å². The van der Waals surface area contributed by atoms with Gasteiger partial charge in [0.1, 0.15) is 5.75 Å². The molecule has 0 heterocycles. The van der Waals surface area contributed by atoms with E-state index in [2.05, 4.69) is 12.2 Å². The minimum absolute atomic E-state index is 0.0177. The zero-order chi connectivity index (χ0) is 12.8. The average molecular weight is 236 g/mol.